The average Bonchev–Trinajstić information content (AvgIpc) is 3.05. The monoisotopic (exact) mass is 286 g/mol. The summed E-state index contributed by atoms with van der Waals surface area (Å²) in [5.41, 5.74) is 2.75. The summed E-state index contributed by atoms with van der Waals surface area (Å²) in [6.45, 7) is 0. The van der Waals surface area contributed by atoms with Crippen molar-refractivity contribution in [1.82, 2.24) is 19.6 Å². The van der Waals surface area contributed by atoms with E-state index in [9.17, 15) is 4.79 Å². The van der Waals surface area contributed by atoms with E-state index >= 15 is 0 Å². The Kier molecular flexibility index (Phi) is 3.12. The summed E-state index contributed by atoms with van der Waals surface area (Å²) >= 11 is 5.87. The summed E-state index contributed by atoms with van der Waals surface area (Å²) in [7, 11) is 1.81. The average molecular weight is 287 g/mol. The van der Waals surface area contributed by atoms with Crippen molar-refractivity contribution in [2.24, 2.45) is 7.05 Å². The topological polar surface area (TPSA) is 52.7 Å². The van der Waals surface area contributed by atoms with Crippen molar-refractivity contribution in [2.45, 2.75) is 0 Å². The molecule has 0 amide bonds. The third-order valence-electron chi connectivity index (χ3n) is 3.02. The number of nitrogens with zero attached hydrogens (tertiary/aromatic N) is 4. The normalized spacial score (nSPS) is 10.7. The highest BCUT2D eigenvalue weighted by atomic mass is 35.5. The van der Waals surface area contributed by atoms with Crippen LogP contribution in [0.15, 0.2) is 42.7 Å². The van der Waals surface area contributed by atoms with Crippen LogP contribution >= 0.6 is 11.6 Å². The van der Waals surface area contributed by atoms with Crippen LogP contribution in [0.4, 0.5) is 0 Å². The molecule has 0 bridgehead atoms. The SMILES string of the molecule is Cn1nccc1-c1nn(-c2ccc(Cl)cc2)cc1C=O. The van der Waals surface area contributed by atoms with Gasteiger partial charge >= 0.3 is 0 Å². The minimum Gasteiger partial charge on any atom is -0.298 e. The van der Waals surface area contributed by atoms with Crippen LogP contribution < -0.4 is 0 Å². The molecule has 2 heterocycles. The van der Waals surface area contributed by atoms with E-state index in [4.69, 9.17) is 11.6 Å². The third-order valence-corrected chi connectivity index (χ3v) is 3.28. The summed E-state index contributed by atoms with van der Waals surface area (Å²) in [6, 6.07) is 9.07. The number of aryl methyl sites for hydroxylation is 1. The van der Waals surface area contributed by atoms with Crippen LogP contribution in [0, 0.1) is 0 Å². The molecule has 6 heteroatoms. The van der Waals surface area contributed by atoms with Crippen molar-refractivity contribution in [3.63, 3.8) is 0 Å². The fourth-order valence-electron chi connectivity index (χ4n) is 2.00. The highest BCUT2D eigenvalue weighted by Crippen LogP contribution is 2.22. The zero-order valence-electron chi connectivity index (χ0n) is 10.7. The van der Waals surface area contributed by atoms with Gasteiger partial charge in [0.25, 0.3) is 0 Å². The van der Waals surface area contributed by atoms with E-state index in [1.54, 1.807) is 33.9 Å². The summed E-state index contributed by atoms with van der Waals surface area (Å²) in [4.78, 5) is 11.2. The molecule has 0 atom stereocenters. The smallest absolute Gasteiger partial charge is 0.153 e. The van der Waals surface area contributed by atoms with Crippen molar-refractivity contribution in [2.75, 3.05) is 0 Å². The largest absolute Gasteiger partial charge is 0.298 e. The van der Waals surface area contributed by atoms with Crippen molar-refractivity contribution in [3.8, 4) is 17.1 Å². The second kappa shape index (κ2) is 4.94. The van der Waals surface area contributed by atoms with E-state index in [1.807, 2.05) is 25.2 Å². The maximum Gasteiger partial charge on any atom is 0.153 e. The predicted molar refractivity (Wildman–Crippen MR) is 76.2 cm³/mol. The molecule has 0 unspecified atom stereocenters. The summed E-state index contributed by atoms with van der Waals surface area (Å²) < 4.78 is 3.34. The Morgan fingerprint density at radius 3 is 2.55 bits per heavy atom. The Morgan fingerprint density at radius 2 is 1.95 bits per heavy atom. The first kappa shape index (κ1) is 12.6. The van der Waals surface area contributed by atoms with Gasteiger partial charge in [0.1, 0.15) is 5.69 Å². The van der Waals surface area contributed by atoms with Gasteiger partial charge in [0.15, 0.2) is 6.29 Å². The van der Waals surface area contributed by atoms with Crippen LogP contribution in [0.2, 0.25) is 5.02 Å². The summed E-state index contributed by atoms with van der Waals surface area (Å²) in [5, 5.41) is 9.22. The molecule has 0 saturated carbocycles. The lowest BCUT2D eigenvalue weighted by atomic mass is 10.2. The van der Waals surface area contributed by atoms with Gasteiger partial charge in [0, 0.05) is 24.5 Å². The second-order valence-corrected chi connectivity index (χ2v) is 4.75. The van der Waals surface area contributed by atoms with Gasteiger partial charge < -0.3 is 0 Å². The van der Waals surface area contributed by atoms with E-state index in [0.29, 0.717) is 16.3 Å². The first-order chi connectivity index (χ1) is 9.69. The Hall–Kier alpha value is -2.40. The van der Waals surface area contributed by atoms with E-state index < -0.39 is 0 Å². The van der Waals surface area contributed by atoms with Crippen LogP contribution in [0.25, 0.3) is 17.1 Å². The molecule has 0 radical (unpaired) electrons. The minimum atomic E-state index is 0.517. The lowest BCUT2D eigenvalue weighted by Crippen LogP contribution is -1.97. The molecule has 0 fully saturated rings. The maximum absolute atomic E-state index is 11.2. The summed E-state index contributed by atoms with van der Waals surface area (Å²) in [5.74, 6) is 0. The molecule has 3 rings (SSSR count). The van der Waals surface area contributed by atoms with E-state index in [-0.39, 0.29) is 0 Å². The van der Waals surface area contributed by atoms with Gasteiger partial charge in [-0.25, -0.2) is 4.68 Å². The Balaban J connectivity index is 2.12. The quantitative estimate of drug-likeness (QED) is 0.696. The van der Waals surface area contributed by atoms with Gasteiger partial charge in [0.2, 0.25) is 0 Å². The van der Waals surface area contributed by atoms with E-state index in [2.05, 4.69) is 10.2 Å². The van der Waals surface area contributed by atoms with Crippen molar-refractivity contribution < 1.29 is 4.79 Å². The number of carbonyl (C=O) groups excluding carboxylic acids is 1. The molecule has 0 aliphatic rings. The molecule has 1 aromatic carbocycles. The van der Waals surface area contributed by atoms with Gasteiger partial charge in [-0.2, -0.15) is 10.2 Å². The molecule has 5 nitrogen and oxygen atoms in total. The Morgan fingerprint density at radius 1 is 1.20 bits per heavy atom. The van der Waals surface area contributed by atoms with Gasteiger partial charge in [-0.1, -0.05) is 11.6 Å². The number of hydrogen-bond acceptors (Lipinski definition) is 3. The second-order valence-electron chi connectivity index (χ2n) is 4.31. The molecular weight excluding hydrogens is 276 g/mol. The fraction of sp³-hybridized carbons (Fsp3) is 0.0714. The molecule has 0 spiro atoms. The number of halogens is 1. The van der Waals surface area contributed by atoms with Crippen molar-refractivity contribution >= 4 is 17.9 Å². The molecule has 0 saturated heterocycles. The van der Waals surface area contributed by atoms with Crippen LogP contribution in [-0.2, 0) is 7.05 Å². The lowest BCUT2D eigenvalue weighted by Gasteiger charge is -2.01. The zero-order chi connectivity index (χ0) is 14.1. The molecule has 100 valence electrons. The van der Waals surface area contributed by atoms with Crippen LogP contribution in [0.1, 0.15) is 10.4 Å². The maximum atomic E-state index is 11.2. The Labute approximate surface area is 120 Å². The number of rotatable bonds is 3. The van der Waals surface area contributed by atoms with Gasteiger partial charge in [-0.3, -0.25) is 9.48 Å². The van der Waals surface area contributed by atoms with Crippen LogP contribution in [0.3, 0.4) is 0 Å². The number of aromatic nitrogens is 4. The fourth-order valence-corrected chi connectivity index (χ4v) is 2.13. The standard InChI is InChI=1S/C14H11ClN4O/c1-18-13(6-7-16-18)14-10(9-20)8-19(17-14)12-4-2-11(15)3-5-12/h2-9H,1H3. The highest BCUT2D eigenvalue weighted by Gasteiger charge is 2.14. The lowest BCUT2D eigenvalue weighted by molar-refractivity contribution is 0.112. The molecule has 3 aromatic rings. The van der Waals surface area contributed by atoms with Crippen LogP contribution in [-0.4, -0.2) is 25.8 Å². The number of hydrogen-bond donors (Lipinski definition) is 0. The predicted octanol–water partition coefficient (Wildman–Crippen LogP) is 2.74. The highest BCUT2D eigenvalue weighted by molar-refractivity contribution is 6.30. The molecule has 0 aliphatic carbocycles. The number of aldehydes is 1. The third kappa shape index (κ3) is 2.12. The first-order valence-corrected chi connectivity index (χ1v) is 6.36. The Bertz CT molecular complexity index is 758. The number of benzene rings is 1. The number of carbonyl (C=O) groups is 1. The molecule has 0 aliphatic heterocycles. The van der Waals surface area contributed by atoms with Crippen molar-refractivity contribution in [1.29, 1.82) is 0 Å². The molecule has 20 heavy (non-hydrogen) atoms. The van der Waals surface area contributed by atoms with Crippen molar-refractivity contribution in [3.05, 3.63) is 53.3 Å². The van der Waals surface area contributed by atoms with Crippen LogP contribution in [0.5, 0.6) is 0 Å². The molecule has 0 N–H and O–H groups in total. The summed E-state index contributed by atoms with van der Waals surface area (Å²) in [6.07, 6.45) is 4.16. The van der Waals surface area contributed by atoms with Gasteiger partial charge in [-0.05, 0) is 30.3 Å². The molecule has 2 aromatic heterocycles. The van der Waals surface area contributed by atoms with Gasteiger partial charge in [-0.15, -0.1) is 0 Å². The molecular formula is C14H11ClN4O. The zero-order valence-corrected chi connectivity index (χ0v) is 11.4. The first-order valence-electron chi connectivity index (χ1n) is 5.98. The van der Waals surface area contributed by atoms with Gasteiger partial charge in [0.05, 0.1) is 16.9 Å². The van der Waals surface area contributed by atoms with E-state index in [1.165, 1.54) is 0 Å². The van der Waals surface area contributed by atoms with E-state index in [0.717, 1.165) is 17.7 Å². The minimum absolute atomic E-state index is 0.517.